The molecule has 0 radical (unpaired) electrons. The van der Waals surface area contributed by atoms with Crippen molar-refractivity contribution < 1.29 is 0 Å². The van der Waals surface area contributed by atoms with E-state index in [0.29, 0.717) is 5.88 Å². The normalized spacial score (nSPS) is 10.7. The van der Waals surface area contributed by atoms with Crippen molar-refractivity contribution in [2.24, 2.45) is 0 Å². The first-order valence-electron chi connectivity index (χ1n) is 6.48. The lowest BCUT2D eigenvalue weighted by molar-refractivity contribution is 0.757. The molecule has 0 saturated carbocycles. The maximum absolute atomic E-state index is 5.89. The Kier molecular flexibility index (Phi) is 6.56. The second kappa shape index (κ2) is 7.73. The Balaban J connectivity index is 2.78. The topological polar surface area (TPSA) is 0 Å². The summed E-state index contributed by atoms with van der Waals surface area (Å²) >= 11 is 5.89. The third-order valence-electron chi connectivity index (χ3n) is 3.02. The molecule has 0 atom stereocenters. The van der Waals surface area contributed by atoms with Crippen molar-refractivity contribution in [3.05, 3.63) is 34.9 Å². The van der Waals surface area contributed by atoms with E-state index in [0.717, 1.165) is 0 Å². The summed E-state index contributed by atoms with van der Waals surface area (Å²) in [6, 6.07) is 6.75. The van der Waals surface area contributed by atoms with Gasteiger partial charge in [0.25, 0.3) is 0 Å². The van der Waals surface area contributed by atoms with Crippen LogP contribution in [0.4, 0.5) is 0 Å². The van der Waals surface area contributed by atoms with Crippen LogP contribution in [0.1, 0.15) is 56.2 Å². The number of rotatable bonds is 7. The molecule has 1 aromatic carbocycles. The molecule has 0 spiro atoms. The largest absolute Gasteiger partial charge is 0.122 e. The van der Waals surface area contributed by atoms with Gasteiger partial charge in [-0.1, -0.05) is 44.9 Å². The first-order chi connectivity index (χ1) is 7.81. The molecule has 0 aromatic heterocycles. The number of aryl methyl sites for hydroxylation is 2. The van der Waals surface area contributed by atoms with E-state index in [4.69, 9.17) is 11.6 Å². The summed E-state index contributed by atoms with van der Waals surface area (Å²) in [4.78, 5) is 0. The lowest BCUT2D eigenvalue weighted by atomic mass is 9.96. The highest BCUT2D eigenvalue weighted by Crippen LogP contribution is 2.18. The lowest BCUT2D eigenvalue weighted by Crippen LogP contribution is -1.96. The Hall–Kier alpha value is -0.490. The molecule has 0 unspecified atom stereocenters. The van der Waals surface area contributed by atoms with E-state index in [1.807, 2.05) is 0 Å². The summed E-state index contributed by atoms with van der Waals surface area (Å²) in [6.45, 7) is 4.50. The minimum Gasteiger partial charge on any atom is -0.122 e. The molecule has 0 aliphatic rings. The van der Waals surface area contributed by atoms with Crippen LogP contribution < -0.4 is 0 Å². The average molecular weight is 239 g/mol. The molecule has 0 amide bonds. The van der Waals surface area contributed by atoms with Crippen molar-refractivity contribution >= 4 is 11.6 Å². The second-order valence-corrected chi connectivity index (χ2v) is 4.71. The molecule has 90 valence electrons. The van der Waals surface area contributed by atoms with Gasteiger partial charge in [-0.15, -0.1) is 11.6 Å². The zero-order valence-electron chi connectivity index (χ0n) is 10.6. The molecule has 16 heavy (non-hydrogen) atoms. The van der Waals surface area contributed by atoms with E-state index in [9.17, 15) is 0 Å². The van der Waals surface area contributed by atoms with E-state index >= 15 is 0 Å². The number of hydrogen-bond donors (Lipinski definition) is 0. The summed E-state index contributed by atoms with van der Waals surface area (Å²) in [5.74, 6) is 0.632. The average Bonchev–Trinajstić information content (AvgIpc) is 2.34. The van der Waals surface area contributed by atoms with Crippen LogP contribution in [0.3, 0.4) is 0 Å². The minimum atomic E-state index is 0.632. The second-order valence-electron chi connectivity index (χ2n) is 4.44. The first-order valence-corrected chi connectivity index (χ1v) is 7.01. The van der Waals surface area contributed by atoms with E-state index in [-0.39, 0.29) is 0 Å². The molecule has 1 heteroatoms. The van der Waals surface area contributed by atoms with Gasteiger partial charge in [-0.2, -0.15) is 0 Å². The fraction of sp³-hybridized carbons (Fsp3) is 0.600. The van der Waals surface area contributed by atoms with Crippen molar-refractivity contribution in [2.45, 2.75) is 58.3 Å². The summed E-state index contributed by atoms with van der Waals surface area (Å²) in [5.41, 5.74) is 4.31. The van der Waals surface area contributed by atoms with Gasteiger partial charge in [0, 0.05) is 5.88 Å². The Bertz CT molecular complexity index is 304. The summed E-state index contributed by atoms with van der Waals surface area (Å²) in [5, 5.41) is 0. The van der Waals surface area contributed by atoms with Crippen LogP contribution in [0.5, 0.6) is 0 Å². The molecule has 0 nitrogen and oxygen atoms in total. The molecule has 0 bridgehead atoms. The van der Waals surface area contributed by atoms with Crippen molar-refractivity contribution in [3.8, 4) is 0 Å². The Morgan fingerprint density at radius 3 is 2.12 bits per heavy atom. The number of unbranched alkanes of at least 4 members (excludes halogenated alkanes) is 2. The number of alkyl halides is 1. The van der Waals surface area contributed by atoms with Gasteiger partial charge in [-0.05, 0) is 42.4 Å². The zero-order valence-corrected chi connectivity index (χ0v) is 11.3. The molecule has 0 fully saturated rings. The van der Waals surface area contributed by atoms with Gasteiger partial charge >= 0.3 is 0 Å². The van der Waals surface area contributed by atoms with Gasteiger partial charge in [-0.3, -0.25) is 0 Å². The maximum atomic E-state index is 5.89. The number of halogens is 1. The third kappa shape index (κ3) is 4.17. The predicted octanol–water partition coefficient (Wildman–Crippen LogP) is 5.11. The SMILES string of the molecule is CCCCc1ccc(CCl)cc1CCCC. The predicted molar refractivity (Wildman–Crippen MR) is 73.2 cm³/mol. The van der Waals surface area contributed by atoms with E-state index in [1.165, 1.54) is 55.2 Å². The number of benzene rings is 1. The monoisotopic (exact) mass is 238 g/mol. The van der Waals surface area contributed by atoms with Crippen LogP contribution in [-0.2, 0) is 18.7 Å². The van der Waals surface area contributed by atoms with E-state index in [2.05, 4.69) is 32.0 Å². The maximum Gasteiger partial charge on any atom is 0.0474 e. The van der Waals surface area contributed by atoms with E-state index in [1.54, 1.807) is 0 Å². The van der Waals surface area contributed by atoms with Crippen LogP contribution in [0, 0.1) is 0 Å². The fourth-order valence-electron chi connectivity index (χ4n) is 1.97. The van der Waals surface area contributed by atoms with Crippen LogP contribution >= 0.6 is 11.6 Å². The highest BCUT2D eigenvalue weighted by molar-refractivity contribution is 6.17. The van der Waals surface area contributed by atoms with Crippen molar-refractivity contribution in [1.82, 2.24) is 0 Å². The standard InChI is InChI=1S/C15H23Cl/c1-3-5-7-14-10-9-13(12-16)11-15(14)8-6-4-2/h9-11H,3-8,12H2,1-2H3. The van der Waals surface area contributed by atoms with Gasteiger partial charge in [-0.25, -0.2) is 0 Å². The van der Waals surface area contributed by atoms with Crippen molar-refractivity contribution in [1.29, 1.82) is 0 Å². The quantitative estimate of drug-likeness (QED) is 0.579. The van der Waals surface area contributed by atoms with Crippen LogP contribution in [0.25, 0.3) is 0 Å². The molecule has 0 saturated heterocycles. The van der Waals surface area contributed by atoms with Gasteiger partial charge in [0.1, 0.15) is 0 Å². The highest BCUT2D eigenvalue weighted by atomic mass is 35.5. The first kappa shape index (κ1) is 13.6. The summed E-state index contributed by atoms with van der Waals surface area (Å²) < 4.78 is 0. The van der Waals surface area contributed by atoms with Crippen LogP contribution in [0.15, 0.2) is 18.2 Å². The van der Waals surface area contributed by atoms with Crippen LogP contribution in [0.2, 0.25) is 0 Å². The minimum absolute atomic E-state index is 0.632. The Labute approximate surface area is 105 Å². The summed E-state index contributed by atoms with van der Waals surface area (Å²) in [6.07, 6.45) is 7.53. The Morgan fingerprint density at radius 1 is 0.938 bits per heavy atom. The Morgan fingerprint density at radius 2 is 1.56 bits per heavy atom. The van der Waals surface area contributed by atoms with Gasteiger partial charge in [0.2, 0.25) is 0 Å². The molecular weight excluding hydrogens is 216 g/mol. The molecule has 0 heterocycles. The zero-order chi connectivity index (χ0) is 11.8. The molecule has 0 aliphatic carbocycles. The smallest absolute Gasteiger partial charge is 0.0474 e. The van der Waals surface area contributed by atoms with Crippen molar-refractivity contribution in [3.63, 3.8) is 0 Å². The number of hydrogen-bond acceptors (Lipinski definition) is 0. The van der Waals surface area contributed by atoms with Gasteiger partial charge < -0.3 is 0 Å². The third-order valence-corrected chi connectivity index (χ3v) is 3.33. The lowest BCUT2D eigenvalue weighted by Gasteiger charge is -2.10. The van der Waals surface area contributed by atoms with Gasteiger partial charge in [0.05, 0.1) is 0 Å². The van der Waals surface area contributed by atoms with Crippen LogP contribution in [-0.4, -0.2) is 0 Å². The van der Waals surface area contributed by atoms with Crippen molar-refractivity contribution in [2.75, 3.05) is 0 Å². The molecule has 0 aliphatic heterocycles. The molecule has 1 aromatic rings. The molecule has 0 N–H and O–H groups in total. The fourth-order valence-corrected chi connectivity index (χ4v) is 2.14. The van der Waals surface area contributed by atoms with E-state index < -0.39 is 0 Å². The molecule has 1 rings (SSSR count). The highest BCUT2D eigenvalue weighted by Gasteiger charge is 2.03. The van der Waals surface area contributed by atoms with Gasteiger partial charge in [0.15, 0.2) is 0 Å². The summed E-state index contributed by atoms with van der Waals surface area (Å²) in [7, 11) is 0. The molecular formula is C15H23Cl.